The van der Waals surface area contributed by atoms with Gasteiger partial charge < -0.3 is 11.1 Å². The number of amides is 1. The van der Waals surface area contributed by atoms with Gasteiger partial charge in [0.05, 0.1) is 11.7 Å². The summed E-state index contributed by atoms with van der Waals surface area (Å²) in [5.74, 6) is -0.0747. The number of hydrogen-bond acceptors (Lipinski definition) is 3. The van der Waals surface area contributed by atoms with Crippen LogP contribution in [0.3, 0.4) is 0 Å². The summed E-state index contributed by atoms with van der Waals surface area (Å²) in [7, 11) is 1.89. The second-order valence-electron chi connectivity index (χ2n) is 4.59. The van der Waals surface area contributed by atoms with Gasteiger partial charge in [-0.05, 0) is 12.8 Å². The third-order valence-electron chi connectivity index (χ3n) is 2.99. The van der Waals surface area contributed by atoms with E-state index in [9.17, 15) is 4.79 Å². The van der Waals surface area contributed by atoms with Gasteiger partial charge in [-0.1, -0.05) is 26.7 Å². The molecule has 1 atom stereocenters. The van der Waals surface area contributed by atoms with Gasteiger partial charge in [0, 0.05) is 25.4 Å². The van der Waals surface area contributed by atoms with Crippen LogP contribution in [0, 0.1) is 0 Å². The smallest absolute Gasteiger partial charge is 0.237 e. The molecule has 1 amide bonds. The van der Waals surface area contributed by atoms with Crippen LogP contribution in [0.4, 0.5) is 0 Å². The Morgan fingerprint density at radius 1 is 1.56 bits per heavy atom. The van der Waals surface area contributed by atoms with Crippen LogP contribution in [0.15, 0.2) is 6.20 Å². The first-order valence-corrected chi connectivity index (χ1v) is 6.63. The van der Waals surface area contributed by atoms with Crippen LogP contribution < -0.4 is 11.1 Å². The molecule has 0 saturated carbocycles. The summed E-state index contributed by atoms with van der Waals surface area (Å²) in [6.45, 7) is 4.66. The van der Waals surface area contributed by atoms with Gasteiger partial charge in [-0.3, -0.25) is 9.48 Å². The third kappa shape index (κ3) is 4.14. The topological polar surface area (TPSA) is 72.9 Å². The quantitative estimate of drug-likeness (QED) is 0.763. The van der Waals surface area contributed by atoms with Gasteiger partial charge in [0.15, 0.2) is 0 Å². The fourth-order valence-corrected chi connectivity index (χ4v) is 1.90. The van der Waals surface area contributed by atoms with E-state index in [4.69, 9.17) is 5.73 Å². The van der Waals surface area contributed by atoms with Gasteiger partial charge in [0.25, 0.3) is 0 Å². The Morgan fingerprint density at radius 2 is 2.28 bits per heavy atom. The van der Waals surface area contributed by atoms with E-state index in [1.165, 1.54) is 0 Å². The second kappa shape index (κ2) is 7.16. The number of nitrogens with zero attached hydrogens (tertiary/aromatic N) is 2. The molecule has 102 valence electrons. The zero-order valence-corrected chi connectivity index (χ0v) is 11.6. The van der Waals surface area contributed by atoms with Crippen molar-refractivity contribution in [1.29, 1.82) is 0 Å². The molecule has 0 bridgehead atoms. The van der Waals surface area contributed by atoms with Gasteiger partial charge in [0.2, 0.25) is 5.91 Å². The average molecular weight is 252 g/mol. The van der Waals surface area contributed by atoms with Crippen LogP contribution in [0.2, 0.25) is 0 Å². The molecule has 1 rings (SSSR count). The molecule has 0 aliphatic rings. The highest BCUT2D eigenvalue weighted by Gasteiger charge is 2.13. The van der Waals surface area contributed by atoms with E-state index in [0.717, 1.165) is 36.9 Å². The normalized spacial score (nSPS) is 12.4. The van der Waals surface area contributed by atoms with E-state index in [-0.39, 0.29) is 5.91 Å². The Kier molecular flexibility index (Phi) is 5.85. The Bertz CT molecular complexity index is 386. The maximum Gasteiger partial charge on any atom is 0.237 e. The number of rotatable bonds is 7. The maximum atomic E-state index is 11.8. The lowest BCUT2D eigenvalue weighted by atomic mass is 10.1. The molecule has 0 aliphatic heterocycles. The SMILES string of the molecule is CCCC[C@H](N)C(=O)NCc1cn(C)nc1CC. The van der Waals surface area contributed by atoms with E-state index in [1.54, 1.807) is 4.68 Å². The lowest BCUT2D eigenvalue weighted by Crippen LogP contribution is -2.40. The molecule has 0 aliphatic carbocycles. The lowest BCUT2D eigenvalue weighted by Gasteiger charge is -2.11. The van der Waals surface area contributed by atoms with Crippen molar-refractivity contribution in [3.05, 3.63) is 17.5 Å². The molecule has 0 radical (unpaired) electrons. The van der Waals surface area contributed by atoms with Crippen molar-refractivity contribution in [1.82, 2.24) is 15.1 Å². The molecule has 0 saturated heterocycles. The number of carbonyl (C=O) groups excluding carboxylic acids is 1. The number of nitrogens with one attached hydrogen (secondary N) is 1. The van der Waals surface area contributed by atoms with E-state index in [0.29, 0.717) is 6.54 Å². The summed E-state index contributed by atoms with van der Waals surface area (Å²) in [5.41, 5.74) is 7.90. The standard InChI is InChI=1S/C13H24N4O/c1-4-6-7-11(14)13(18)15-8-10-9-17(3)16-12(10)5-2/h9,11H,4-8,14H2,1-3H3,(H,15,18)/t11-/m0/s1. The molecule has 18 heavy (non-hydrogen) atoms. The second-order valence-corrected chi connectivity index (χ2v) is 4.59. The minimum absolute atomic E-state index is 0.0747. The van der Waals surface area contributed by atoms with Crippen LogP contribution in [0.1, 0.15) is 44.4 Å². The van der Waals surface area contributed by atoms with Crippen LogP contribution in [-0.4, -0.2) is 21.7 Å². The molecule has 0 spiro atoms. The Morgan fingerprint density at radius 3 is 2.89 bits per heavy atom. The molecule has 0 aromatic carbocycles. The number of aryl methyl sites for hydroxylation is 2. The Hall–Kier alpha value is -1.36. The highest BCUT2D eigenvalue weighted by atomic mass is 16.2. The monoisotopic (exact) mass is 252 g/mol. The highest BCUT2D eigenvalue weighted by Crippen LogP contribution is 2.07. The molecule has 3 N–H and O–H groups in total. The van der Waals surface area contributed by atoms with Crippen molar-refractivity contribution in [3.63, 3.8) is 0 Å². The fraction of sp³-hybridized carbons (Fsp3) is 0.692. The Balaban J connectivity index is 2.46. The van der Waals surface area contributed by atoms with Crippen LogP contribution in [0.5, 0.6) is 0 Å². The predicted molar refractivity (Wildman–Crippen MR) is 71.9 cm³/mol. The molecule has 5 heteroatoms. The minimum atomic E-state index is -0.397. The van der Waals surface area contributed by atoms with E-state index >= 15 is 0 Å². The number of aromatic nitrogens is 2. The molecule has 1 aromatic heterocycles. The molecular formula is C13H24N4O. The zero-order chi connectivity index (χ0) is 13.5. The molecule has 0 unspecified atom stereocenters. The van der Waals surface area contributed by atoms with Crippen LogP contribution in [-0.2, 0) is 24.8 Å². The molecule has 5 nitrogen and oxygen atoms in total. The molecular weight excluding hydrogens is 228 g/mol. The van der Waals surface area contributed by atoms with Crippen LogP contribution >= 0.6 is 0 Å². The summed E-state index contributed by atoms with van der Waals surface area (Å²) in [4.78, 5) is 11.8. The number of nitrogens with two attached hydrogens (primary N) is 1. The summed E-state index contributed by atoms with van der Waals surface area (Å²) in [5, 5.41) is 7.21. The largest absolute Gasteiger partial charge is 0.351 e. The number of unbranched alkanes of at least 4 members (excludes halogenated alkanes) is 1. The van der Waals surface area contributed by atoms with Gasteiger partial charge >= 0.3 is 0 Å². The van der Waals surface area contributed by atoms with Gasteiger partial charge in [-0.15, -0.1) is 0 Å². The van der Waals surface area contributed by atoms with Gasteiger partial charge in [-0.2, -0.15) is 5.10 Å². The van der Waals surface area contributed by atoms with Crippen molar-refractivity contribution in [3.8, 4) is 0 Å². The maximum absolute atomic E-state index is 11.8. The number of hydrogen-bond donors (Lipinski definition) is 2. The van der Waals surface area contributed by atoms with E-state index < -0.39 is 6.04 Å². The third-order valence-corrected chi connectivity index (χ3v) is 2.99. The van der Waals surface area contributed by atoms with E-state index in [2.05, 4.69) is 24.3 Å². The Labute approximate surface area is 109 Å². The van der Waals surface area contributed by atoms with Crippen molar-refractivity contribution in [2.45, 2.75) is 52.1 Å². The predicted octanol–water partition coefficient (Wildman–Crippen LogP) is 1.12. The molecule has 0 fully saturated rings. The highest BCUT2D eigenvalue weighted by molar-refractivity contribution is 5.81. The first-order chi connectivity index (χ1) is 8.58. The van der Waals surface area contributed by atoms with Crippen molar-refractivity contribution < 1.29 is 4.79 Å². The van der Waals surface area contributed by atoms with Crippen molar-refractivity contribution in [2.75, 3.05) is 0 Å². The van der Waals surface area contributed by atoms with E-state index in [1.807, 2.05) is 13.2 Å². The minimum Gasteiger partial charge on any atom is -0.351 e. The molecule has 1 aromatic rings. The average Bonchev–Trinajstić information content (AvgIpc) is 2.73. The van der Waals surface area contributed by atoms with Crippen molar-refractivity contribution in [2.24, 2.45) is 12.8 Å². The molecule has 1 heterocycles. The summed E-state index contributed by atoms with van der Waals surface area (Å²) < 4.78 is 1.78. The van der Waals surface area contributed by atoms with Gasteiger partial charge in [-0.25, -0.2) is 0 Å². The first kappa shape index (κ1) is 14.7. The summed E-state index contributed by atoms with van der Waals surface area (Å²) in [6.07, 6.45) is 5.60. The zero-order valence-electron chi connectivity index (χ0n) is 11.6. The van der Waals surface area contributed by atoms with Gasteiger partial charge in [0.1, 0.15) is 0 Å². The van der Waals surface area contributed by atoms with Crippen LogP contribution in [0.25, 0.3) is 0 Å². The lowest BCUT2D eigenvalue weighted by molar-refractivity contribution is -0.122. The first-order valence-electron chi connectivity index (χ1n) is 6.63. The summed E-state index contributed by atoms with van der Waals surface area (Å²) in [6, 6.07) is -0.397. The summed E-state index contributed by atoms with van der Waals surface area (Å²) >= 11 is 0. The number of carbonyl (C=O) groups is 1. The van der Waals surface area contributed by atoms with Crippen molar-refractivity contribution >= 4 is 5.91 Å². The fourth-order valence-electron chi connectivity index (χ4n) is 1.90.